The summed E-state index contributed by atoms with van der Waals surface area (Å²) in [5, 5.41) is 0. The van der Waals surface area contributed by atoms with Crippen molar-refractivity contribution in [2.75, 3.05) is 6.61 Å². The van der Waals surface area contributed by atoms with E-state index in [1.54, 1.807) is 5.56 Å². The summed E-state index contributed by atoms with van der Waals surface area (Å²) in [4.78, 5) is 0. The first-order chi connectivity index (χ1) is 14.3. The molecule has 0 aliphatic heterocycles. The fourth-order valence-corrected chi connectivity index (χ4v) is 5.43. The molecule has 0 N–H and O–H groups in total. The normalized spacial score (nSPS) is 27.9. The molecule has 0 amide bonds. The van der Waals surface area contributed by atoms with Gasteiger partial charge in [0.2, 0.25) is 0 Å². The maximum atomic E-state index is 5.69. The molecule has 1 heteroatoms. The Hall–Kier alpha value is -1.34. The first-order valence-corrected chi connectivity index (χ1v) is 12.2. The van der Waals surface area contributed by atoms with Crippen LogP contribution >= 0.6 is 0 Å². The Balaban J connectivity index is 1.38. The summed E-state index contributed by atoms with van der Waals surface area (Å²) >= 11 is 0. The lowest BCUT2D eigenvalue weighted by Crippen LogP contribution is -2.25. The van der Waals surface area contributed by atoms with Crippen molar-refractivity contribution in [2.24, 2.45) is 17.8 Å². The van der Waals surface area contributed by atoms with E-state index >= 15 is 0 Å². The van der Waals surface area contributed by atoms with Gasteiger partial charge in [0.15, 0.2) is 0 Å². The number of ether oxygens (including phenoxy) is 1. The molecule has 2 aliphatic rings. The monoisotopic (exact) mass is 394 g/mol. The summed E-state index contributed by atoms with van der Waals surface area (Å²) in [5.41, 5.74) is 2.83. The minimum Gasteiger partial charge on any atom is -0.376 e. The van der Waals surface area contributed by atoms with Crippen LogP contribution in [-0.2, 0) is 11.3 Å². The van der Waals surface area contributed by atoms with Gasteiger partial charge in [-0.15, -0.1) is 6.58 Å². The van der Waals surface area contributed by atoms with Crippen LogP contribution in [0, 0.1) is 17.8 Å². The molecule has 0 spiro atoms. The molecule has 1 nitrogen and oxygen atoms in total. The molecule has 2 fully saturated rings. The van der Waals surface area contributed by atoms with E-state index in [4.69, 9.17) is 4.74 Å². The van der Waals surface area contributed by atoms with Crippen molar-refractivity contribution in [3.05, 3.63) is 60.2 Å². The number of benzene rings is 1. The predicted molar refractivity (Wildman–Crippen MR) is 125 cm³/mol. The Morgan fingerprint density at radius 2 is 1.55 bits per heavy atom. The molecule has 0 aromatic heterocycles. The molecule has 0 radical (unpaired) electrons. The number of unbranched alkanes of at least 4 members (excludes halogenated alkanes) is 1. The maximum absolute atomic E-state index is 5.69. The van der Waals surface area contributed by atoms with Gasteiger partial charge in [-0.1, -0.05) is 55.8 Å². The van der Waals surface area contributed by atoms with E-state index in [2.05, 4.69) is 49.9 Å². The van der Waals surface area contributed by atoms with Crippen molar-refractivity contribution in [1.29, 1.82) is 0 Å². The first-order valence-electron chi connectivity index (χ1n) is 12.2. The van der Waals surface area contributed by atoms with Crippen LogP contribution in [0.3, 0.4) is 0 Å². The maximum Gasteiger partial charge on any atom is 0.0717 e. The number of allylic oxidation sites excluding steroid dienone is 2. The predicted octanol–water partition coefficient (Wildman–Crippen LogP) is 8.22. The fourth-order valence-electron chi connectivity index (χ4n) is 5.43. The fraction of sp³-hybridized carbons (Fsp3) is 0.643. The summed E-state index contributed by atoms with van der Waals surface area (Å²) < 4.78 is 5.69. The van der Waals surface area contributed by atoms with Crippen LogP contribution in [0.15, 0.2) is 49.1 Å². The summed E-state index contributed by atoms with van der Waals surface area (Å²) in [6.07, 6.45) is 21.8. The third-order valence-electron chi connectivity index (χ3n) is 7.30. The summed E-state index contributed by atoms with van der Waals surface area (Å²) in [6, 6.07) is 9.24. The molecule has 2 aliphatic carbocycles. The van der Waals surface area contributed by atoms with Crippen LogP contribution in [0.5, 0.6) is 0 Å². The second kappa shape index (κ2) is 12.4. The van der Waals surface area contributed by atoms with Gasteiger partial charge >= 0.3 is 0 Å². The number of rotatable bonds is 10. The highest BCUT2D eigenvalue weighted by Crippen LogP contribution is 2.44. The Labute approximate surface area is 179 Å². The molecule has 0 bridgehead atoms. The van der Waals surface area contributed by atoms with Crippen molar-refractivity contribution in [1.82, 2.24) is 0 Å². The second-order valence-electron chi connectivity index (χ2n) is 9.37. The van der Waals surface area contributed by atoms with Crippen molar-refractivity contribution in [3.8, 4) is 0 Å². The van der Waals surface area contributed by atoms with Crippen LogP contribution in [-0.4, -0.2) is 6.61 Å². The van der Waals surface area contributed by atoms with Gasteiger partial charge in [-0.25, -0.2) is 0 Å². The zero-order valence-corrected chi connectivity index (χ0v) is 18.7. The van der Waals surface area contributed by atoms with E-state index in [0.29, 0.717) is 0 Å². The zero-order chi connectivity index (χ0) is 20.3. The summed E-state index contributed by atoms with van der Waals surface area (Å²) in [7, 11) is 0. The second-order valence-corrected chi connectivity index (χ2v) is 9.37. The highest BCUT2D eigenvalue weighted by Gasteiger charge is 2.30. The minimum atomic E-state index is 0.719. The van der Waals surface area contributed by atoms with E-state index in [-0.39, 0.29) is 0 Å². The molecule has 160 valence electrons. The molecular weight excluding hydrogens is 352 g/mol. The topological polar surface area (TPSA) is 9.23 Å². The quantitative estimate of drug-likeness (QED) is 0.287. The van der Waals surface area contributed by atoms with Gasteiger partial charge in [0.1, 0.15) is 0 Å². The lowest BCUT2D eigenvalue weighted by molar-refractivity contribution is 0.125. The van der Waals surface area contributed by atoms with Gasteiger partial charge in [-0.05, 0) is 99.0 Å². The highest BCUT2D eigenvalue weighted by atomic mass is 16.5. The number of hydrogen-bond donors (Lipinski definition) is 0. The van der Waals surface area contributed by atoms with E-state index in [1.807, 2.05) is 6.08 Å². The Morgan fingerprint density at radius 3 is 2.17 bits per heavy atom. The van der Waals surface area contributed by atoms with Gasteiger partial charge < -0.3 is 4.74 Å². The van der Waals surface area contributed by atoms with Crippen LogP contribution in [0.1, 0.15) is 94.6 Å². The van der Waals surface area contributed by atoms with Crippen LogP contribution in [0.2, 0.25) is 0 Å². The van der Waals surface area contributed by atoms with E-state index in [0.717, 1.165) is 43.3 Å². The highest BCUT2D eigenvalue weighted by molar-refractivity contribution is 5.25. The van der Waals surface area contributed by atoms with Crippen molar-refractivity contribution < 1.29 is 4.74 Å². The lowest BCUT2D eigenvalue weighted by atomic mass is 9.68. The van der Waals surface area contributed by atoms with Crippen LogP contribution < -0.4 is 0 Å². The molecular formula is C28H42O. The molecule has 0 heterocycles. The Morgan fingerprint density at radius 1 is 0.897 bits per heavy atom. The third-order valence-corrected chi connectivity index (χ3v) is 7.30. The molecule has 1 aromatic carbocycles. The van der Waals surface area contributed by atoms with E-state index in [9.17, 15) is 0 Å². The van der Waals surface area contributed by atoms with Gasteiger partial charge in [-0.3, -0.25) is 0 Å². The molecule has 3 rings (SSSR count). The molecule has 0 atom stereocenters. The Bertz CT molecular complexity index is 598. The van der Waals surface area contributed by atoms with Crippen molar-refractivity contribution in [3.63, 3.8) is 0 Å². The van der Waals surface area contributed by atoms with E-state index < -0.39 is 0 Å². The average Bonchev–Trinajstić information content (AvgIpc) is 2.78. The number of hydrogen-bond acceptors (Lipinski definition) is 1. The molecule has 0 saturated heterocycles. The van der Waals surface area contributed by atoms with Crippen LogP contribution in [0.4, 0.5) is 0 Å². The summed E-state index contributed by atoms with van der Waals surface area (Å²) in [6.45, 7) is 7.50. The SMILES string of the molecule is C=CCCOCc1ccc([C@H]2CC[C@H]([C@H]3CC[C@H](C=CCCC)CC3)CC2)cc1. The smallest absolute Gasteiger partial charge is 0.0717 e. The minimum absolute atomic E-state index is 0.719. The van der Waals surface area contributed by atoms with E-state index in [1.165, 1.54) is 69.8 Å². The van der Waals surface area contributed by atoms with Gasteiger partial charge in [0.05, 0.1) is 13.2 Å². The average molecular weight is 395 g/mol. The summed E-state index contributed by atoms with van der Waals surface area (Å²) in [5.74, 6) is 3.63. The van der Waals surface area contributed by atoms with Gasteiger partial charge in [0, 0.05) is 0 Å². The molecule has 1 aromatic rings. The Kier molecular flexibility index (Phi) is 9.54. The molecule has 0 unspecified atom stereocenters. The standard InChI is InChI=1S/C28H42O/c1-3-5-7-8-23-9-13-25(14-10-23)27-17-19-28(20-18-27)26-15-11-24(12-16-26)22-29-21-6-4-2/h4,7-8,11-12,15-16,23,25,27-28H,2-3,5-6,9-10,13-14,17-22H2,1H3/t23-,25-,27-,28-. The van der Waals surface area contributed by atoms with Crippen molar-refractivity contribution in [2.45, 2.75) is 90.1 Å². The van der Waals surface area contributed by atoms with Gasteiger partial charge in [-0.2, -0.15) is 0 Å². The zero-order valence-electron chi connectivity index (χ0n) is 18.7. The lowest BCUT2D eigenvalue weighted by Gasteiger charge is -2.37. The third kappa shape index (κ3) is 7.14. The van der Waals surface area contributed by atoms with Gasteiger partial charge in [0.25, 0.3) is 0 Å². The molecule has 29 heavy (non-hydrogen) atoms. The van der Waals surface area contributed by atoms with Crippen molar-refractivity contribution >= 4 is 0 Å². The first kappa shape index (κ1) is 22.3. The van der Waals surface area contributed by atoms with Crippen LogP contribution in [0.25, 0.3) is 0 Å². The largest absolute Gasteiger partial charge is 0.376 e. The molecule has 2 saturated carbocycles.